The van der Waals surface area contributed by atoms with Gasteiger partial charge in [-0.15, -0.1) is 0 Å². The Morgan fingerprint density at radius 3 is 1.71 bits per heavy atom. The van der Waals surface area contributed by atoms with Crippen molar-refractivity contribution in [3.8, 4) is 0 Å². The summed E-state index contributed by atoms with van der Waals surface area (Å²) in [5.74, 6) is -0.0484. The first-order valence-corrected chi connectivity index (χ1v) is 6.33. The van der Waals surface area contributed by atoms with Crippen LogP contribution in [0.15, 0.2) is 12.2 Å². The normalized spacial score (nSPS) is 50.6. The van der Waals surface area contributed by atoms with E-state index >= 15 is 0 Å². The fraction of sp³-hybridized carbons (Fsp3) is 0.846. The van der Waals surface area contributed by atoms with Crippen molar-refractivity contribution in [1.82, 2.24) is 0 Å². The van der Waals surface area contributed by atoms with Gasteiger partial charge in [-0.1, -0.05) is 12.2 Å². The molecule has 0 aromatic rings. The number of rotatable bonds is 2. The highest BCUT2D eigenvalue weighted by atomic mass is 16.8. The van der Waals surface area contributed by atoms with E-state index in [1.54, 1.807) is 0 Å². The summed E-state index contributed by atoms with van der Waals surface area (Å²) in [5, 5.41) is 19.0. The van der Waals surface area contributed by atoms with E-state index in [9.17, 15) is 10.2 Å². The molecule has 96 valence electrons. The standard InChI is InChI=1S/C13H20O4/c1-13(2)16-11-7-3-4-8(12(11)17-13)10(6-15)9(7)5-14/h3-4,7-12,14-15H,5-6H2,1-2H3. The highest BCUT2D eigenvalue weighted by molar-refractivity contribution is 5.18. The monoisotopic (exact) mass is 240 g/mol. The van der Waals surface area contributed by atoms with Crippen molar-refractivity contribution < 1.29 is 19.7 Å². The molecule has 4 aliphatic rings. The van der Waals surface area contributed by atoms with Gasteiger partial charge in [0.25, 0.3) is 0 Å². The predicted octanol–water partition coefficient (Wildman–Crippen LogP) is 0.539. The Bertz CT molecular complexity index is 308. The maximum Gasteiger partial charge on any atom is 0.163 e. The lowest BCUT2D eigenvalue weighted by Gasteiger charge is -2.48. The molecular formula is C13H20O4. The average molecular weight is 240 g/mol. The second-order valence-electron chi connectivity index (χ2n) is 5.80. The van der Waals surface area contributed by atoms with Gasteiger partial charge in [0.1, 0.15) is 0 Å². The van der Waals surface area contributed by atoms with E-state index < -0.39 is 5.79 Å². The second kappa shape index (κ2) is 3.79. The van der Waals surface area contributed by atoms with Crippen LogP contribution in [0, 0.1) is 23.7 Å². The van der Waals surface area contributed by atoms with Crippen molar-refractivity contribution in [3.63, 3.8) is 0 Å². The van der Waals surface area contributed by atoms with Crippen LogP contribution >= 0.6 is 0 Å². The van der Waals surface area contributed by atoms with Crippen LogP contribution in [0.2, 0.25) is 0 Å². The zero-order chi connectivity index (χ0) is 12.2. The van der Waals surface area contributed by atoms with E-state index in [0.717, 1.165) is 0 Å². The first-order chi connectivity index (χ1) is 8.07. The number of ether oxygens (including phenoxy) is 2. The lowest BCUT2D eigenvalue weighted by molar-refractivity contribution is -0.149. The van der Waals surface area contributed by atoms with Gasteiger partial charge in [0.15, 0.2) is 5.79 Å². The summed E-state index contributed by atoms with van der Waals surface area (Å²) in [5.41, 5.74) is 0. The van der Waals surface area contributed by atoms with E-state index in [1.165, 1.54) is 0 Å². The van der Waals surface area contributed by atoms with Crippen LogP contribution in [-0.4, -0.2) is 41.4 Å². The second-order valence-corrected chi connectivity index (χ2v) is 5.80. The van der Waals surface area contributed by atoms with Crippen LogP contribution in [0.3, 0.4) is 0 Å². The van der Waals surface area contributed by atoms with Crippen molar-refractivity contribution in [1.29, 1.82) is 0 Å². The van der Waals surface area contributed by atoms with E-state index in [-0.39, 0.29) is 49.1 Å². The number of fused-ring (bicyclic) bond motifs is 1. The van der Waals surface area contributed by atoms with Gasteiger partial charge in [-0.25, -0.2) is 0 Å². The average Bonchev–Trinajstić information content (AvgIpc) is 2.64. The minimum Gasteiger partial charge on any atom is -0.396 e. The summed E-state index contributed by atoms with van der Waals surface area (Å²) in [4.78, 5) is 0. The number of hydrogen-bond acceptors (Lipinski definition) is 4. The minimum absolute atomic E-state index is 0.0277. The first kappa shape index (κ1) is 11.7. The van der Waals surface area contributed by atoms with Crippen LogP contribution in [-0.2, 0) is 9.47 Å². The molecule has 1 aliphatic heterocycles. The van der Waals surface area contributed by atoms with Gasteiger partial charge in [-0.3, -0.25) is 0 Å². The zero-order valence-electron chi connectivity index (χ0n) is 10.2. The van der Waals surface area contributed by atoms with Gasteiger partial charge < -0.3 is 19.7 Å². The predicted molar refractivity (Wildman–Crippen MR) is 61.1 cm³/mol. The van der Waals surface area contributed by atoms with Gasteiger partial charge in [-0.2, -0.15) is 0 Å². The molecule has 1 saturated carbocycles. The molecule has 4 rings (SSSR count). The molecule has 0 spiro atoms. The van der Waals surface area contributed by atoms with Crippen LogP contribution < -0.4 is 0 Å². The third-order valence-corrected chi connectivity index (χ3v) is 4.44. The summed E-state index contributed by atoms with van der Waals surface area (Å²) < 4.78 is 11.9. The number of aliphatic hydroxyl groups is 2. The Labute approximate surface area is 101 Å². The Balaban J connectivity index is 1.93. The van der Waals surface area contributed by atoms with Crippen molar-refractivity contribution in [2.24, 2.45) is 23.7 Å². The molecule has 4 heteroatoms. The molecule has 17 heavy (non-hydrogen) atoms. The van der Waals surface area contributed by atoms with Gasteiger partial charge in [0.05, 0.1) is 12.2 Å². The fourth-order valence-corrected chi connectivity index (χ4v) is 3.75. The fourth-order valence-electron chi connectivity index (χ4n) is 3.75. The van der Waals surface area contributed by atoms with Crippen molar-refractivity contribution in [2.75, 3.05) is 13.2 Å². The largest absolute Gasteiger partial charge is 0.396 e. The molecule has 0 amide bonds. The SMILES string of the molecule is CC1(C)OC2C3C=CC(C(CO)C3CO)C2O1. The topological polar surface area (TPSA) is 58.9 Å². The summed E-state index contributed by atoms with van der Waals surface area (Å²) in [6.07, 6.45) is 4.31. The van der Waals surface area contributed by atoms with E-state index in [2.05, 4.69) is 12.2 Å². The zero-order valence-corrected chi connectivity index (χ0v) is 10.2. The van der Waals surface area contributed by atoms with Crippen LogP contribution in [0.25, 0.3) is 0 Å². The molecule has 6 unspecified atom stereocenters. The molecule has 2 fully saturated rings. The van der Waals surface area contributed by atoms with Crippen molar-refractivity contribution in [3.05, 3.63) is 12.2 Å². The van der Waals surface area contributed by atoms with Crippen LogP contribution in [0.5, 0.6) is 0 Å². The highest BCUT2D eigenvalue weighted by Crippen LogP contribution is 2.51. The molecule has 4 nitrogen and oxygen atoms in total. The molecule has 0 aromatic heterocycles. The molecule has 0 aromatic carbocycles. The summed E-state index contributed by atoms with van der Waals surface area (Å²) in [7, 11) is 0. The summed E-state index contributed by atoms with van der Waals surface area (Å²) in [6.45, 7) is 4.05. The molecular weight excluding hydrogens is 220 g/mol. The van der Waals surface area contributed by atoms with E-state index in [4.69, 9.17) is 9.47 Å². The molecule has 1 heterocycles. The number of aliphatic hydroxyl groups excluding tert-OH is 2. The van der Waals surface area contributed by atoms with Crippen molar-refractivity contribution in [2.45, 2.75) is 31.8 Å². The lowest BCUT2D eigenvalue weighted by Crippen LogP contribution is -2.55. The number of hydrogen-bond donors (Lipinski definition) is 2. The summed E-state index contributed by atoms with van der Waals surface area (Å²) >= 11 is 0. The molecule has 3 aliphatic carbocycles. The summed E-state index contributed by atoms with van der Waals surface area (Å²) in [6, 6.07) is 0. The smallest absolute Gasteiger partial charge is 0.163 e. The quantitative estimate of drug-likeness (QED) is 0.692. The van der Waals surface area contributed by atoms with Crippen molar-refractivity contribution >= 4 is 0 Å². The molecule has 1 saturated heterocycles. The Hall–Kier alpha value is -0.420. The molecule has 2 bridgehead atoms. The maximum absolute atomic E-state index is 9.52. The maximum atomic E-state index is 9.52. The van der Waals surface area contributed by atoms with Gasteiger partial charge in [-0.05, 0) is 25.7 Å². The highest BCUT2D eigenvalue weighted by Gasteiger charge is 2.58. The minimum atomic E-state index is -0.553. The molecule has 6 atom stereocenters. The lowest BCUT2D eigenvalue weighted by atomic mass is 9.60. The molecule has 0 radical (unpaired) electrons. The Kier molecular flexibility index (Phi) is 2.60. The third kappa shape index (κ3) is 1.58. The first-order valence-electron chi connectivity index (χ1n) is 6.33. The Morgan fingerprint density at radius 2 is 1.35 bits per heavy atom. The van der Waals surface area contributed by atoms with E-state index in [1.807, 2.05) is 13.8 Å². The van der Waals surface area contributed by atoms with Gasteiger partial charge in [0, 0.05) is 25.0 Å². The van der Waals surface area contributed by atoms with Crippen LogP contribution in [0.4, 0.5) is 0 Å². The Morgan fingerprint density at radius 1 is 0.941 bits per heavy atom. The van der Waals surface area contributed by atoms with Gasteiger partial charge >= 0.3 is 0 Å². The van der Waals surface area contributed by atoms with Gasteiger partial charge in [0.2, 0.25) is 0 Å². The third-order valence-electron chi connectivity index (χ3n) is 4.44. The van der Waals surface area contributed by atoms with E-state index in [0.29, 0.717) is 0 Å². The van der Waals surface area contributed by atoms with Crippen LogP contribution in [0.1, 0.15) is 13.8 Å². The molecule has 2 N–H and O–H groups in total.